The second-order valence-corrected chi connectivity index (χ2v) is 11.2. The fourth-order valence-corrected chi connectivity index (χ4v) is 5.47. The third kappa shape index (κ3) is 7.67. The zero-order valence-corrected chi connectivity index (χ0v) is 25.5. The van der Waals surface area contributed by atoms with Crippen LogP contribution in [-0.2, 0) is 27.5 Å². The molecule has 10 heteroatoms. The molecule has 1 aromatic heterocycles. The molecule has 1 aliphatic rings. The molecule has 1 N–H and O–H groups in total. The first-order valence-electron chi connectivity index (χ1n) is 15.3. The number of esters is 1. The van der Waals surface area contributed by atoms with Gasteiger partial charge in [0.25, 0.3) is 5.91 Å². The first-order valence-corrected chi connectivity index (χ1v) is 15.3. The minimum absolute atomic E-state index is 0.109. The van der Waals surface area contributed by atoms with Crippen LogP contribution in [0, 0.1) is 5.92 Å². The average molecular weight is 632 g/mol. The Labute approximate surface area is 271 Å². The molecule has 0 radical (unpaired) electrons. The van der Waals surface area contributed by atoms with Crippen LogP contribution < -0.4 is 10.1 Å². The summed E-state index contributed by atoms with van der Waals surface area (Å²) in [5.41, 5.74) is 3.18. The predicted molar refractivity (Wildman–Crippen MR) is 175 cm³/mol. The number of para-hydroxylation sites is 1. The lowest BCUT2D eigenvalue weighted by Gasteiger charge is -2.31. The number of fused-ring (bicyclic) bond motifs is 1. The molecule has 2 amide bonds. The molecule has 1 aliphatic heterocycles. The van der Waals surface area contributed by atoms with Gasteiger partial charge in [-0.2, -0.15) is 0 Å². The van der Waals surface area contributed by atoms with Gasteiger partial charge in [0.15, 0.2) is 0 Å². The topological polar surface area (TPSA) is 116 Å². The quantitative estimate of drug-likeness (QED) is 0.183. The highest BCUT2D eigenvalue weighted by molar-refractivity contribution is 6.03. The lowest BCUT2D eigenvalue weighted by Crippen LogP contribution is -2.40. The van der Waals surface area contributed by atoms with Crippen LogP contribution in [0.5, 0.6) is 5.75 Å². The second-order valence-electron chi connectivity index (χ2n) is 11.2. The number of ether oxygens (including phenoxy) is 3. The van der Waals surface area contributed by atoms with Crippen molar-refractivity contribution in [2.24, 2.45) is 5.92 Å². The van der Waals surface area contributed by atoms with Gasteiger partial charge in [0.05, 0.1) is 17.1 Å². The van der Waals surface area contributed by atoms with E-state index in [1.165, 1.54) is 10.8 Å². The van der Waals surface area contributed by atoms with Crippen LogP contribution >= 0.6 is 0 Å². The van der Waals surface area contributed by atoms with Gasteiger partial charge in [0, 0.05) is 30.2 Å². The van der Waals surface area contributed by atoms with Gasteiger partial charge < -0.3 is 19.1 Å². The largest absolute Gasteiger partial charge is 0.461 e. The molecule has 10 nitrogen and oxygen atoms in total. The van der Waals surface area contributed by atoms with Crippen LogP contribution in [0.3, 0.4) is 0 Å². The molecule has 47 heavy (non-hydrogen) atoms. The number of carbonyl (C=O) groups is 4. The fraction of sp³-hybridized carbons (Fsp3) is 0.189. The van der Waals surface area contributed by atoms with Gasteiger partial charge in [-0.3, -0.25) is 19.5 Å². The van der Waals surface area contributed by atoms with Gasteiger partial charge in [0.2, 0.25) is 0 Å². The zero-order valence-electron chi connectivity index (χ0n) is 25.5. The highest BCUT2D eigenvalue weighted by atomic mass is 16.6. The zero-order chi connectivity index (χ0) is 32.6. The van der Waals surface area contributed by atoms with E-state index in [0.29, 0.717) is 48.1 Å². The molecule has 0 spiro atoms. The smallest absolute Gasteiger partial charge is 0.418 e. The molecule has 238 valence electrons. The van der Waals surface area contributed by atoms with Crippen molar-refractivity contribution in [1.82, 2.24) is 9.47 Å². The molecule has 1 fully saturated rings. The maximum absolute atomic E-state index is 13.1. The molecule has 5 aromatic rings. The van der Waals surface area contributed by atoms with Crippen molar-refractivity contribution in [2.75, 3.05) is 18.4 Å². The summed E-state index contributed by atoms with van der Waals surface area (Å²) in [6, 6.07) is 32.3. The number of benzene rings is 4. The standard InChI is InChI=1S/C37H33N3O7/c41-34(39-21-19-29(20-22-39)35(42)45-24-26-9-3-1-4-10-26)28-15-17-30(18-16-28)47-36(43)38-32-23-40(33-14-8-7-13-31(32)33)37(44)46-25-27-11-5-2-6-12-27/h1-18,23,29H,19-22,24-25H2,(H,38,43). The number of nitrogens with one attached hydrogen (secondary N) is 1. The number of amides is 2. The van der Waals surface area contributed by atoms with E-state index in [1.54, 1.807) is 53.4 Å². The molecule has 2 heterocycles. The highest BCUT2D eigenvalue weighted by Crippen LogP contribution is 2.27. The number of likely N-dealkylation sites (tertiary alicyclic amines) is 1. The molecular weight excluding hydrogens is 598 g/mol. The fourth-order valence-electron chi connectivity index (χ4n) is 5.47. The average Bonchev–Trinajstić information content (AvgIpc) is 3.48. The Morgan fingerprint density at radius 2 is 1.30 bits per heavy atom. The first kappa shape index (κ1) is 31.1. The Bertz CT molecular complexity index is 1860. The van der Waals surface area contributed by atoms with Crippen LogP contribution in [-0.4, -0.2) is 46.6 Å². The summed E-state index contributed by atoms with van der Waals surface area (Å²) in [6.07, 6.45) is 1.21. The molecule has 0 atom stereocenters. The van der Waals surface area contributed by atoms with Crippen molar-refractivity contribution in [2.45, 2.75) is 26.1 Å². The van der Waals surface area contributed by atoms with E-state index in [-0.39, 0.29) is 36.8 Å². The van der Waals surface area contributed by atoms with Crippen LogP contribution in [0.4, 0.5) is 15.3 Å². The predicted octanol–water partition coefficient (Wildman–Crippen LogP) is 7.03. The third-order valence-electron chi connectivity index (χ3n) is 8.00. The third-order valence-corrected chi connectivity index (χ3v) is 8.00. The molecule has 1 saturated heterocycles. The summed E-state index contributed by atoms with van der Waals surface area (Å²) >= 11 is 0. The van der Waals surface area contributed by atoms with E-state index in [4.69, 9.17) is 14.2 Å². The molecule has 0 saturated carbocycles. The van der Waals surface area contributed by atoms with E-state index in [1.807, 2.05) is 60.7 Å². The summed E-state index contributed by atoms with van der Waals surface area (Å²) in [5.74, 6) is -0.409. The highest BCUT2D eigenvalue weighted by Gasteiger charge is 2.29. The van der Waals surface area contributed by atoms with Gasteiger partial charge in [-0.1, -0.05) is 78.9 Å². The Morgan fingerprint density at radius 1 is 0.702 bits per heavy atom. The van der Waals surface area contributed by atoms with Crippen molar-refractivity contribution in [1.29, 1.82) is 0 Å². The van der Waals surface area contributed by atoms with Gasteiger partial charge in [-0.25, -0.2) is 9.59 Å². The number of hydrogen-bond acceptors (Lipinski definition) is 7. The Balaban J connectivity index is 1.01. The summed E-state index contributed by atoms with van der Waals surface area (Å²) in [6.45, 7) is 1.23. The summed E-state index contributed by atoms with van der Waals surface area (Å²) in [4.78, 5) is 53.1. The summed E-state index contributed by atoms with van der Waals surface area (Å²) < 4.78 is 17.8. The van der Waals surface area contributed by atoms with Gasteiger partial charge in [-0.15, -0.1) is 0 Å². The Hall–Kier alpha value is -5.90. The normalized spacial score (nSPS) is 13.1. The van der Waals surface area contributed by atoms with Crippen molar-refractivity contribution in [3.05, 3.63) is 132 Å². The maximum Gasteiger partial charge on any atom is 0.418 e. The van der Waals surface area contributed by atoms with Crippen LogP contribution in [0.2, 0.25) is 0 Å². The number of hydrogen-bond donors (Lipinski definition) is 1. The minimum Gasteiger partial charge on any atom is -0.461 e. The molecule has 0 aliphatic carbocycles. The number of carbonyl (C=O) groups excluding carboxylic acids is 4. The van der Waals surface area contributed by atoms with Gasteiger partial charge in [-0.05, 0) is 54.3 Å². The van der Waals surface area contributed by atoms with E-state index in [0.717, 1.165) is 11.1 Å². The summed E-state index contributed by atoms with van der Waals surface area (Å²) in [7, 11) is 0. The lowest BCUT2D eigenvalue weighted by atomic mass is 9.96. The maximum atomic E-state index is 13.1. The van der Waals surface area contributed by atoms with E-state index < -0.39 is 12.2 Å². The van der Waals surface area contributed by atoms with E-state index in [2.05, 4.69) is 5.32 Å². The molecule has 0 unspecified atom stereocenters. The van der Waals surface area contributed by atoms with Crippen molar-refractivity contribution >= 4 is 40.7 Å². The van der Waals surface area contributed by atoms with Crippen molar-refractivity contribution in [3.63, 3.8) is 0 Å². The van der Waals surface area contributed by atoms with Crippen LogP contribution in [0.15, 0.2) is 115 Å². The second kappa shape index (κ2) is 14.5. The van der Waals surface area contributed by atoms with E-state index in [9.17, 15) is 19.2 Å². The Kier molecular flexibility index (Phi) is 9.57. The molecule has 6 rings (SSSR count). The SMILES string of the molecule is O=C(Nc1cn(C(=O)OCc2ccccc2)c2ccccc12)Oc1ccc(C(=O)N2CCC(C(=O)OCc3ccccc3)CC2)cc1. The van der Waals surface area contributed by atoms with Crippen LogP contribution in [0.1, 0.15) is 34.3 Å². The number of anilines is 1. The lowest BCUT2D eigenvalue weighted by molar-refractivity contribution is -0.151. The van der Waals surface area contributed by atoms with Gasteiger partial charge >= 0.3 is 18.2 Å². The van der Waals surface area contributed by atoms with Crippen molar-refractivity contribution in [3.8, 4) is 5.75 Å². The number of rotatable bonds is 8. The molecule has 4 aromatic carbocycles. The monoisotopic (exact) mass is 631 g/mol. The first-order chi connectivity index (χ1) is 22.9. The Morgan fingerprint density at radius 3 is 1.96 bits per heavy atom. The van der Waals surface area contributed by atoms with Crippen LogP contribution in [0.25, 0.3) is 10.9 Å². The van der Waals surface area contributed by atoms with E-state index >= 15 is 0 Å². The number of piperidine rings is 1. The number of aromatic nitrogens is 1. The summed E-state index contributed by atoms with van der Waals surface area (Å²) in [5, 5.41) is 3.33. The minimum atomic E-state index is -0.758. The number of nitrogens with zero attached hydrogens (tertiary/aromatic N) is 2. The van der Waals surface area contributed by atoms with Crippen molar-refractivity contribution < 1.29 is 33.4 Å². The molecular formula is C37H33N3O7. The molecule has 0 bridgehead atoms. The van der Waals surface area contributed by atoms with Gasteiger partial charge in [0.1, 0.15) is 19.0 Å².